The van der Waals surface area contributed by atoms with Crippen molar-refractivity contribution >= 4 is 17.7 Å². The fourth-order valence-electron chi connectivity index (χ4n) is 7.10. The fraction of sp³-hybridized carbons (Fsp3) is 0.581. The lowest BCUT2D eigenvalue weighted by molar-refractivity contribution is -0.148. The highest BCUT2D eigenvalue weighted by molar-refractivity contribution is 5.99. The molecule has 10 nitrogen and oxygen atoms in total. The van der Waals surface area contributed by atoms with Crippen LogP contribution in [0.5, 0.6) is 0 Å². The molecule has 1 spiro atoms. The number of benzene rings is 1. The molecular weight excluding hydrogens is 524 g/mol. The van der Waals surface area contributed by atoms with Crippen LogP contribution in [0.25, 0.3) is 0 Å². The highest BCUT2D eigenvalue weighted by atomic mass is 16.5. The molecular formula is C31H40N4O6. The van der Waals surface area contributed by atoms with Gasteiger partial charge in [0.1, 0.15) is 11.6 Å². The van der Waals surface area contributed by atoms with Crippen LogP contribution in [0, 0.1) is 11.8 Å². The monoisotopic (exact) mass is 564 g/mol. The number of hydrogen-bond acceptors (Lipinski definition) is 7. The third kappa shape index (κ3) is 5.22. The molecule has 220 valence electrons. The zero-order valence-electron chi connectivity index (χ0n) is 23.5. The first-order chi connectivity index (χ1) is 20.0. The van der Waals surface area contributed by atoms with Gasteiger partial charge in [0, 0.05) is 59.0 Å². The number of rotatable bonds is 9. The molecule has 1 aromatic rings. The zero-order valence-corrected chi connectivity index (χ0v) is 23.5. The van der Waals surface area contributed by atoms with Crippen LogP contribution in [0.15, 0.2) is 54.6 Å². The summed E-state index contributed by atoms with van der Waals surface area (Å²) < 4.78 is 12.2. The molecule has 3 amide bonds. The molecule has 0 aromatic heterocycles. The number of morpholine rings is 1. The Kier molecular flexibility index (Phi) is 8.26. The summed E-state index contributed by atoms with van der Waals surface area (Å²) in [6, 6.07) is 8.98. The van der Waals surface area contributed by atoms with E-state index in [1.165, 1.54) is 0 Å². The molecule has 41 heavy (non-hydrogen) atoms. The largest absolute Gasteiger partial charge is 0.396 e. The average Bonchev–Trinajstić information content (AvgIpc) is 3.31. The van der Waals surface area contributed by atoms with Gasteiger partial charge in [0.15, 0.2) is 0 Å². The molecule has 0 radical (unpaired) electrons. The van der Waals surface area contributed by atoms with Crippen molar-refractivity contribution in [2.75, 3.05) is 65.6 Å². The molecule has 6 rings (SSSR count). The number of amides is 3. The number of aliphatic hydroxyl groups is 1. The summed E-state index contributed by atoms with van der Waals surface area (Å²) in [7, 11) is 0. The molecule has 5 aliphatic rings. The van der Waals surface area contributed by atoms with E-state index in [0.717, 1.165) is 25.2 Å². The molecule has 5 heterocycles. The lowest BCUT2D eigenvalue weighted by Crippen LogP contribution is -2.56. The van der Waals surface area contributed by atoms with Gasteiger partial charge in [-0.15, -0.1) is 0 Å². The van der Waals surface area contributed by atoms with Gasteiger partial charge in [-0.2, -0.15) is 0 Å². The first kappa shape index (κ1) is 28.1. The summed E-state index contributed by atoms with van der Waals surface area (Å²) in [6.45, 7) is 5.95. The number of carbonyl (C=O) groups is 3. The average molecular weight is 565 g/mol. The lowest BCUT2D eigenvalue weighted by Gasteiger charge is -2.36. The van der Waals surface area contributed by atoms with Crippen LogP contribution >= 0.6 is 0 Å². The molecule has 0 bridgehead atoms. The third-order valence-electron chi connectivity index (χ3n) is 9.14. The molecule has 1 aromatic carbocycles. The fourth-order valence-corrected chi connectivity index (χ4v) is 7.10. The number of carbonyl (C=O) groups excluding carboxylic acids is 3. The van der Waals surface area contributed by atoms with E-state index in [1.807, 2.05) is 59.5 Å². The Hall–Kier alpha value is -3.05. The van der Waals surface area contributed by atoms with Crippen molar-refractivity contribution < 1.29 is 29.0 Å². The summed E-state index contributed by atoms with van der Waals surface area (Å²) >= 11 is 0. The lowest BCUT2D eigenvalue weighted by atomic mass is 9.77. The van der Waals surface area contributed by atoms with Crippen molar-refractivity contribution in [1.29, 1.82) is 0 Å². The second-order valence-corrected chi connectivity index (χ2v) is 11.6. The van der Waals surface area contributed by atoms with E-state index in [1.54, 1.807) is 9.80 Å². The summed E-state index contributed by atoms with van der Waals surface area (Å²) in [6.07, 6.45) is 8.19. The Bertz CT molecular complexity index is 1180. The second kappa shape index (κ2) is 12.1. The van der Waals surface area contributed by atoms with Crippen LogP contribution in [0.2, 0.25) is 0 Å². The Morgan fingerprint density at radius 3 is 2.44 bits per heavy atom. The van der Waals surface area contributed by atoms with Gasteiger partial charge in [-0.25, -0.2) is 0 Å². The van der Waals surface area contributed by atoms with Crippen LogP contribution < -0.4 is 0 Å². The highest BCUT2D eigenvalue weighted by Gasteiger charge is 2.71. The van der Waals surface area contributed by atoms with E-state index >= 15 is 0 Å². The van der Waals surface area contributed by atoms with Gasteiger partial charge in [-0.3, -0.25) is 19.3 Å². The SMILES string of the molecule is O=C1C2N(CCCCO)C(=O)[C@@H]3[C@H]4C(=O)N(Cc5ccccc5)CC=C[C@H]4O[C@]23C=CCN1CCN1CCOCC1. The van der Waals surface area contributed by atoms with Gasteiger partial charge in [-0.1, -0.05) is 54.6 Å². The third-order valence-corrected chi connectivity index (χ3v) is 9.14. The highest BCUT2D eigenvalue weighted by Crippen LogP contribution is 2.53. The predicted molar refractivity (Wildman–Crippen MR) is 150 cm³/mol. The van der Waals surface area contributed by atoms with Gasteiger partial charge in [0.05, 0.1) is 31.2 Å². The molecule has 10 heteroatoms. The van der Waals surface area contributed by atoms with E-state index in [9.17, 15) is 19.5 Å². The number of fused-ring (bicyclic) bond motifs is 2. The summed E-state index contributed by atoms with van der Waals surface area (Å²) in [5.41, 5.74) is -0.199. The summed E-state index contributed by atoms with van der Waals surface area (Å²) in [4.78, 5) is 50.2. The van der Waals surface area contributed by atoms with Gasteiger partial charge < -0.3 is 29.3 Å². The quantitative estimate of drug-likeness (QED) is 0.348. The Morgan fingerprint density at radius 2 is 1.66 bits per heavy atom. The Balaban J connectivity index is 1.30. The Labute approximate surface area is 241 Å². The summed E-state index contributed by atoms with van der Waals surface area (Å²) in [5.74, 6) is -1.98. The van der Waals surface area contributed by atoms with Crippen molar-refractivity contribution in [3.8, 4) is 0 Å². The number of ether oxygens (including phenoxy) is 2. The van der Waals surface area contributed by atoms with Gasteiger partial charge in [0.2, 0.25) is 17.7 Å². The molecule has 5 aliphatic heterocycles. The predicted octanol–water partition coefficient (Wildman–Crippen LogP) is 0.669. The number of unbranched alkanes of at least 4 members (excludes halogenated alkanes) is 1. The van der Waals surface area contributed by atoms with Gasteiger partial charge in [0.25, 0.3) is 0 Å². The molecule has 0 saturated carbocycles. The maximum Gasteiger partial charge on any atom is 0.249 e. The van der Waals surface area contributed by atoms with Gasteiger partial charge in [-0.05, 0) is 18.4 Å². The number of aliphatic hydroxyl groups excluding tert-OH is 1. The van der Waals surface area contributed by atoms with Crippen LogP contribution in [0.4, 0.5) is 0 Å². The van der Waals surface area contributed by atoms with Crippen molar-refractivity contribution in [1.82, 2.24) is 19.6 Å². The second-order valence-electron chi connectivity index (χ2n) is 11.6. The molecule has 3 saturated heterocycles. The van der Waals surface area contributed by atoms with Crippen molar-refractivity contribution in [2.45, 2.75) is 37.1 Å². The molecule has 3 fully saturated rings. The maximum atomic E-state index is 14.3. The van der Waals surface area contributed by atoms with Crippen molar-refractivity contribution in [3.05, 3.63) is 60.2 Å². The van der Waals surface area contributed by atoms with Crippen LogP contribution in [-0.4, -0.2) is 126 Å². The zero-order chi connectivity index (χ0) is 28.4. The van der Waals surface area contributed by atoms with E-state index in [0.29, 0.717) is 58.8 Å². The van der Waals surface area contributed by atoms with Crippen LogP contribution in [0.1, 0.15) is 18.4 Å². The van der Waals surface area contributed by atoms with E-state index < -0.39 is 29.6 Å². The first-order valence-corrected chi connectivity index (χ1v) is 14.9. The minimum atomic E-state index is -1.22. The summed E-state index contributed by atoms with van der Waals surface area (Å²) in [5, 5.41) is 9.42. The number of hydrogen-bond donors (Lipinski definition) is 1. The number of likely N-dealkylation sites (tertiary alicyclic amines) is 1. The number of nitrogens with zero attached hydrogens (tertiary/aromatic N) is 4. The molecule has 1 N–H and O–H groups in total. The maximum absolute atomic E-state index is 14.3. The van der Waals surface area contributed by atoms with Crippen LogP contribution in [0.3, 0.4) is 0 Å². The standard InChI is InChI=1S/C31H40N4O6/c36-19-5-4-14-35-27-30(39)33(16-15-32-17-20-40-21-18-32)13-7-11-31(27)26(29(35)38)25-24(41-31)10-6-12-34(28(25)37)22-23-8-2-1-3-9-23/h1-3,6-11,24-27,36H,4-5,12-22H2/t24-,25+,26+,27?,31+/m1/s1. The topological polar surface area (TPSA) is 103 Å². The van der Waals surface area contributed by atoms with E-state index in [-0.39, 0.29) is 24.3 Å². The van der Waals surface area contributed by atoms with Gasteiger partial charge >= 0.3 is 0 Å². The normalized spacial score (nSPS) is 31.7. The smallest absolute Gasteiger partial charge is 0.249 e. The Morgan fingerprint density at radius 1 is 0.878 bits per heavy atom. The first-order valence-electron chi connectivity index (χ1n) is 14.9. The minimum absolute atomic E-state index is 0.0136. The van der Waals surface area contributed by atoms with Crippen molar-refractivity contribution in [3.63, 3.8) is 0 Å². The molecule has 0 aliphatic carbocycles. The van der Waals surface area contributed by atoms with E-state index in [2.05, 4.69) is 4.90 Å². The van der Waals surface area contributed by atoms with Crippen molar-refractivity contribution in [2.24, 2.45) is 11.8 Å². The van der Waals surface area contributed by atoms with Crippen LogP contribution in [-0.2, 0) is 30.4 Å². The molecule has 5 atom stereocenters. The van der Waals surface area contributed by atoms with E-state index in [4.69, 9.17) is 9.47 Å². The molecule has 1 unspecified atom stereocenters. The minimum Gasteiger partial charge on any atom is -0.396 e.